The van der Waals surface area contributed by atoms with Crippen molar-refractivity contribution in [2.24, 2.45) is 0 Å². The summed E-state index contributed by atoms with van der Waals surface area (Å²) in [6.07, 6.45) is 1.10. The van der Waals surface area contributed by atoms with E-state index in [0.29, 0.717) is 5.69 Å². The van der Waals surface area contributed by atoms with Gasteiger partial charge in [-0.15, -0.1) is 0 Å². The molecule has 26 heavy (non-hydrogen) atoms. The monoisotopic (exact) mass is 394 g/mol. The molecule has 0 fully saturated rings. The Morgan fingerprint density at radius 1 is 1.15 bits per heavy atom. The predicted octanol–water partition coefficient (Wildman–Crippen LogP) is 3.84. The molecule has 7 heteroatoms. The molecule has 0 saturated heterocycles. The van der Waals surface area contributed by atoms with Crippen LogP contribution < -0.4 is 9.62 Å². The molecule has 0 bridgehead atoms. The van der Waals surface area contributed by atoms with Crippen molar-refractivity contribution in [1.82, 2.24) is 5.32 Å². The number of rotatable bonds is 5. The van der Waals surface area contributed by atoms with E-state index in [0.717, 1.165) is 27.3 Å². The van der Waals surface area contributed by atoms with Gasteiger partial charge < -0.3 is 5.32 Å². The van der Waals surface area contributed by atoms with Gasteiger partial charge in [-0.25, -0.2) is 8.42 Å². The van der Waals surface area contributed by atoms with E-state index in [1.165, 1.54) is 19.2 Å². The van der Waals surface area contributed by atoms with Crippen LogP contribution in [0.4, 0.5) is 5.69 Å². The fourth-order valence-corrected chi connectivity index (χ4v) is 3.35. The minimum atomic E-state index is -3.43. The van der Waals surface area contributed by atoms with Crippen molar-refractivity contribution < 1.29 is 13.2 Å². The second-order valence-corrected chi connectivity index (χ2v) is 8.87. The number of nitrogens with one attached hydrogen (secondary N) is 1. The summed E-state index contributed by atoms with van der Waals surface area (Å²) in [6, 6.07) is 10.4. The highest BCUT2D eigenvalue weighted by Gasteiger charge is 2.19. The van der Waals surface area contributed by atoms with Crippen LogP contribution in [-0.4, -0.2) is 27.6 Å². The zero-order chi connectivity index (χ0) is 19.6. The van der Waals surface area contributed by atoms with Crippen molar-refractivity contribution >= 4 is 33.2 Å². The molecule has 2 rings (SSSR count). The van der Waals surface area contributed by atoms with Gasteiger partial charge in [0.15, 0.2) is 0 Å². The molecule has 0 aliphatic carbocycles. The van der Waals surface area contributed by atoms with Gasteiger partial charge in [-0.3, -0.25) is 9.10 Å². The predicted molar refractivity (Wildman–Crippen MR) is 106 cm³/mol. The maximum Gasteiger partial charge on any atom is 0.253 e. The number of anilines is 1. The molecule has 0 aromatic heterocycles. The Hall–Kier alpha value is -2.05. The lowest BCUT2D eigenvalue weighted by Crippen LogP contribution is -2.28. The molecule has 0 aliphatic heterocycles. The fourth-order valence-electron chi connectivity index (χ4n) is 2.65. The largest absolute Gasteiger partial charge is 0.345 e. The van der Waals surface area contributed by atoms with E-state index in [9.17, 15) is 13.2 Å². The minimum Gasteiger partial charge on any atom is -0.345 e. The van der Waals surface area contributed by atoms with Gasteiger partial charge in [-0.1, -0.05) is 35.4 Å². The van der Waals surface area contributed by atoms with E-state index in [-0.39, 0.29) is 22.5 Å². The van der Waals surface area contributed by atoms with Gasteiger partial charge in [0.2, 0.25) is 10.0 Å². The zero-order valence-electron chi connectivity index (χ0n) is 15.5. The van der Waals surface area contributed by atoms with Crippen molar-refractivity contribution in [3.8, 4) is 0 Å². The van der Waals surface area contributed by atoms with Crippen LogP contribution in [0.3, 0.4) is 0 Å². The van der Waals surface area contributed by atoms with Gasteiger partial charge >= 0.3 is 0 Å². The molecule has 0 unspecified atom stereocenters. The van der Waals surface area contributed by atoms with Crippen molar-refractivity contribution in [1.29, 1.82) is 0 Å². The number of amides is 1. The number of sulfonamides is 1. The van der Waals surface area contributed by atoms with E-state index >= 15 is 0 Å². The van der Waals surface area contributed by atoms with E-state index < -0.39 is 10.0 Å². The average Bonchev–Trinajstić information content (AvgIpc) is 2.55. The Kier molecular flexibility index (Phi) is 5.98. The average molecular weight is 395 g/mol. The molecule has 2 aromatic rings. The highest BCUT2D eigenvalue weighted by atomic mass is 35.5. The van der Waals surface area contributed by atoms with Gasteiger partial charge in [-0.05, 0) is 50.1 Å². The fraction of sp³-hybridized carbons (Fsp3) is 0.316. The first-order valence-electron chi connectivity index (χ1n) is 8.12. The molecule has 1 atom stereocenters. The molecule has 0 aliphatic rings. The zero-order valence-corrected chi connectivity index (χ0v) is 17.1. The molecule has 5 nitrogen and oxygen atoms in total. The van der Waals surface area contributed by atoms with Crippen LogP contribution in [-0.2, 0) is 10.0 Å². The maximum absolute atomic E-state index is 12.7. The second-order valence-electron chi connectivity index (χ2n) is 6.45. The van der Waals surface area contributed by atoms with Crippen molar-refractivity contribution in [3.05, 3.63) is 63.7 Å². The van der Waals surface area contributed by atoms with Gasteiger partial charge in [0.25, 0.3) is 5.91 Å². The summed E-state index contributed by atoms with van der Waals surface area (Å²) in [7, 11) is -2.00. The van der Waals surface area contributed by atoms with Crippen molar-refractivity contribution in [2.45, 2.75) is 26.8 Å². The lowest BCUT2D eigenvalue weighted by atomic mass is 9.99. The van der Waals surface area contributed by atoms with E-state index in [1.807, 2.05) is 39.0 Å². The molecule has 1 amide bonds. The number of halogens is 1. The van der Waals surface area contributed by atoms with Crippen LogP contribution in [0.2, 0.25) is 5.02 Å². The Bertz CT molecular complexity index is 942. The summed E-state index contributed by atoms with van der Waals surface area (Å²) in [4.78, 5) is 12.7. The Labute approximate surface area is 160 Å². The first kappa shape index (κ1) is 20.3. The van der Waals surface area contributed by atoms with Crippen LogP contribution >= 0.6 is 11.6 Å². The highest BCUT2D eigenvalue weighted by Crippen LogP contribution is 2.25. The number of carbonyl (C=O) groups excluding carboxylic acids is 1. The van der Waals surface area contributed by atoms with Gasteiger partial charge in [0, 0.05) is 7.05 Å². The summed E-state index contributed by atoms with van der Waals surface area (Å²) in [5.74, 6) is -0.354. The van der Waals surface area contributed by atoms with Crippen molar-refractivity contribution in [2.75, 3.05) is 17.6 Å². The van der Waals surface area contributed by atoms with Gasteiger partial charge in [-0.2, -0.15) is 0 Å². The molecular weight excluding hydrogens is 372 g/mol. The van der Waals surface area contributed by atoms with Gasteiger partial charge in [0.05, 0.1) is 28.6 Å². The molecule has 0 spiro atoms. The molecule has 0 heterocycles. The van der Waals surface area contributed by atoms with Crippen LogP contribution in [0.5, 0.6) is 0 Å². The summed E-state index contributed by atoms with van der Waals surface area (Å²) >= 11 is 6.17. The Balaban J connectivity index is 2.30. The molecule has 2 aromatic carbocycles. The number of hydrogen-bond acceptors (Lipinski definition) is 3. The third-order valence-electron chi connectivity index (χ3n) is 4.30. The Morgan fingerprint density at radius 2 is 1.81 bits per heavy atom. The van der Waals surface area contributed by atoms with Crippen LogP contribution in [0.15, 0.2) is 36.4 Å². The first-order chi connectivity index (χ1) is 12.0. The lowest BCUT2D eigenvalue weighted by Gasteiger charge is -2.20. The molecule has 140 valence electrons. The lowest BCUT2D eigenvalue weighted by molar-refractivity contribution is 0.0940. The third-order valence-corrected chi connectivity index (χ3v) is 5.84. The first-order valence-corrected chi connectivity index (χ1v) is 10.3. The number of aryl methyl sites for hydroxylation is 2. The smallest absolute Gasteiger partial charge is 0.253 e. The third kappa shape index (κ3) is 4.56. The van der Waals surface area contributed by atoms with E-state index in [1.54, 1.807) is 6.07 Å². The molecular formula is C19H23ClN2O3S. The van der Waals surface area contributed by atoms with E-state index in [2.05, 4.69) is 5.32 Å². The van der Waals surface area contributed by atoms with E-state index in [4.69, 9.17) is 11.6 Å². The summed E-state index contributed by atoms with van der Waals surface area (Å²) in [6.45, 7) is 5.89. The SMILES string of the molecule is Cc1ccc(C)c([C@H](C)NC(=O)c2cc(N(C)S(C)(=O)=O)ccc2Cl)c1. The summed E-state index contributed by atoms with van der Waals surface area (Å²) < 4.78 is 24.5. The van der Waals surface area contributed by atoms with Crippen LogP contribution in [0, 0.1) is 13.8 Å². The number of nitrogens with zero attached hydrogens (tertiary/aromatic N) is 1. The maximum atomic E-state index is 12.7. The van der Waals surface area contributed by atoms with Gasteiger partial charge in [0.1, 0.15) is 0 Å². The second kappa shape index (κ2) is 7.68. The summed E-state index contributed by atoms with van der Waals surface area (Å²) in [5, 5.41) is 3.20. The minimum absolute atomic E-state index is 0.213. The highest BCUT2D eigenvalue weighted by molar-refractivity contribution is 7.92. The van der Waals surface area contributed by atoms with Crippen LogP contribution in [0.1, 0.15) is 40.0 Å². The summed E-state index contributed by atoms with van der Waals surface area (Å²) in [5.41, 5.74) is 3.83. The normalized spacial score (nSPS) is 12.5. The topological polar surface area (TPSA) is 66.5 Å². The molecule has 1 N–H and O–H groups in total. The standard InChI is InChI=1S/C19H23ClN2O3S/c1-12-6-7-13(2)16(10-12)14(3)21-19(23)17-11-15(8-9-18(17)20)22(4)26(5,24)25/h6-11,14H,1-5H3,(H,21,23)/t14-/m0/s1. The number of hydrogen-bond donors (Lipinski definition) is 1. The van der Waals surface area contributed by atoms with Crippen LogP contribution in [0.25, 0.3) is 0 Å². The quantitative estimate of drug-likeness (QED) is 0.837. The molecule has 0 saturated carbocycles. The Morgan fingerprint density at radius 3 is 2.42 bits per heavy atom. The molecule has 0 radical (unpaired) electrons. The number of benzene rings is 2. The van der Waals surface area contributed by atoms with Crippen molar-refractivity contribution in [3.63, 3.8) is 0 Å². The number of carbonyl (C=O) groups is 1.